The number of fused-ring (bicyclic) bond motifs is 15. The third-order valence-electron chi connectivity index (χ3n) is 29.2. The molecule has 0 unspecified atom stereocenters. The third kappa shape index (κ3) is 24.8. The first-order valence-electron chi connectivity index (χ1n) is 47.9. The molecule has 6 bridgehead atoms. The summed E-state index contributed by atoms with van der Waals surface area (Å²) in [5.41, 5.74) is -3.97. The molecule has 6 aliphatic heterocycles. The SMILES string of the molecule is CC[C@@H]1[C@@H]2CN(C(=O)[C@H](C(C)(C)C)NC(=O)O[C@@H]3CCC[C@H]3CCCCC(F)(F)c3nc4ccc(OC)cc4cc3O2)[C@@H]1[C-]=O.CC[C@@H]1[C@@H]2CN(C(=O)[C@H](C(C)(C)C)NC(=O)O[C@]3(C)CCC[C@H]3CCCCC(F)(F)c3nc4ccc(OC)cc4cc3O2)[C@@H]1[C-]=O.CC[C@@H]1[C@@H]2CN(C(=O)[C@H](C(C)(C)C)NC(=O)O[C@]3(C)C[C@H]3CCCCC(F)(F)c3nc4ccc(OC)cc4cc3O2)[C@@H]1[C-]=O.[V].[V].[V]. The molecule has 3 aliphatic carbocycles. The number of benzene rings is 3. The summed E-state index contributed by atoms with van der Waals surface area (Å²) in [6, 6.07) is 13.6. The summed E-state index contributed by atoms with van der Waals surface area (Å²) < 4.78 is 149. The van der Waals surface area contributed by atoms with E-state index in [1.165, 1.54) is 42.1 Å². The van der Waals surface area contributed by atoms with Crippen molar-refractivity contribution in [1.82, 2.24) is 45.6 Å². The van der Waals surface area contributed by atoms with Gasteiger partial charge in [0.05, 0.1) is 57.5 Å². The molecule has 9 heterocycles. The molecule has 3 aromatic carbocycles. The third-order valence-corrected chi connectivity index (χ3v) is 29.2. The molecule has 9 aliphatic rings. The van der Waals surface area contributed by atoms with E-state index in [9.17, 15) is 43.2 Å². The number of ether oxygens (including phenoxy) is 9. The van der Waals surface area contributed by atoms with Gasteiger partial charge >= 0.3 is 18.3 Å². The summed E-state index contributed by atoms with van der Waals surface area (Å²) in [5, 5.41) is 10.1. The van der Waals surface area contributed by atoms with Gasteiger partial charge in [-0.25, -0.2) is 48.2 Å². The van der Waals surface area contributed by atoms with Gasteiger partial charge in [-0.15, -0.1) is 0 Å². The Morgan fingerprint density at radius 3 is 1.05 bits per heavy atom. The Hall–Kier alpha value is -8.75. The van der Waals surface area contributed by atoms with E-state index in [1.54, 1.807) is 66.7 Å². The molecule has 753 valence electrons. The van der Waals surface area contributed by atoms with Crippen LogP contribution in [0.2, 0.25) is 0 Å². The number of pyridine rings is 3. The van der Waals surface area contributed by atoms with Crippen LogP contribution in [0.25, 0.3) is 32.7 Å². The normalized spacial score (nSPS) is 29.7. The fraction of sp³-hybridized carbons (Fsp3) is 0.647. The van der Waals surface area contributed by atoms with E-state index in [2.05, 4.69) is 30.9 Å². The summed E-state index contributed by atoms with van der Waals surface area (Å²) in [7, 11) is 4.56. The first-order valence-corrected chi connectivity index (χ1v) is 47.9. The van der Waals surface area contributed by atoms with Crippen LogP contribution < -0.4 is 44.4 Å². The van der Waals surface area contributed by atoms with Crippen molar-refractivity contribution in [2.45, 2.75) is 328 Å². The number of hydrogen-bond donors (Lipinski definition) is 3. The molecule has 3 N–H and O–H groups in total. The molecule has 3 aromatic heterocycles. The molecule has 6 aromatic rings. The smallest absolute Gasteiger partial charge is 0.408 e. The molecule has 3 saturated heterocycles. The predicted molar refractivity (Wildman–Crippen MR) is 492 cm³/mol. The molecular weight excluding hydrogens is 1910 g/mol. The quantitative estimate of drug-likeness (QED) is 0.0688. The van der Waals surface area contributed by atoms with Crippen LogP contribution in [0.3, 0.4) is 0 Å². The number of alkyl carbamates (subject to hydrolysis) is 3. The van der Waals surface area contributed by atoms with Crippen LogP contribution >= 0.6 is 0 Å². The molecular formula is C102H132F6N9O18V3-3. The van der Waals surface area contributed by atoms with Crippen LogP contribution in [0.15, 0.2) is 72.8 Å². The number of carbonyl (C=O) groups is 6. The zero-order chi connectivity index (χ0) is 98.0. The number of halogens is 6. The largest absolute Gasteiger partial charge is 0.540 e. The van der Waals surface area contributed by atoms with Gasteiger partial charge in [0.1, 0.15) is 88.2 Å². The zero-order valence-electron chi connectivity index (χ0n) is 82.0. The van der Waals surface area contributed by atoms with E-state index in [-0.39, 0.29) is 136 Å². The van der Waals surface area contributed by atoms with Crippen LogP contribution in [-0.4, -0.2) is 197 Å². The van der Waals surface area contributed by atoms with E-state index < -0.39 is 190 Å². The van der Waals surface area contributed by atoms with Crippen molar-refractivity contribution in [3.63, 3.8) is 0 Å². The number of carbonyl (C=O) groups excluding carboxylic acids is 9. The van der Waals surface area contributed by atoms with E-state index in [1.807, 2.05) is 116 Å². The van der Waals surface area contributed by atoms with Crippen molar-refractivity contribution in [1.29, 1.82) is 0 Å². The minimum atomic E-state index is -3.31. The van der Waals surface area contributed by atoms with Gasteiger partial charge in [0.25, 0.3) is 17.8 Å². The van der Waals surface area contributed by atoms with Gasteiger partial charge in [-0.2, -0.15) is 26.3 Å². The van der Waals surface area contributed by atoms with Crippen LogP contribution in [-0.2, 0) is 116 Å². The molecule has 3 saturated carbocycles. The van der Waals surface area contributed by atoms with Gasteiger partial charge < -0.3 is 87.7 Å². The molecule has 0 spiro atoms. The zero-order valence-corrected chi connectivity index (χ0v) is 86.2. The second-order valence-electron chi connectivity index (χ2n) is 41.7. The minimum Gasteiger partial charge on any atom is -0.540 e. The summed E-state index contributed by atoms with van der Waals surface area (Å²) in [5.74, 6) is -11.5. The Kier molecular flexibility index (Phi) is 36.5. The van der Waals surface area contributed by atoms with E-state index in [0.29, 0.717) is 127 Å². The summed E-state index contributed by atoms with van der Waals surface area (Å²) in [4.78, 5) is 136. The maximum atomic E-state index is 16.1. The number of alkyl halides is 6. The average molecular weight is 2040 g/mol. The summed E-state index contributed by atoms with van der Waals surface area (Å²) in [6.45, 7) is 25.5. The minimum absolute atomic E-state index is 0. The van der Waals surface area contributed by atoms with Gasteiger partial charge in [0.15, 0.2) is 17.1 Å². The number of nitrogens with one attached hydrogen (secondary N) is 3. The Labute approximate surface area is 840 Å². The number of nitrogens with zero attached hydrogens (tertiary/aromatic N) is 6. The topological polar surface area (TPSA) is 321 Å². The Morgan fingerprint density at radius 1 is 0.399 bits per heavy atom. The predicted octanol–water partition coefficient (Wildman–Crippen LogP) is 18.9. The van der Waals surface area contributed by atoms with Crippen molar-refractivity contribution >= 4 is 87.6 Å². The van der Waals surface area contributed by atoms with Gasteiger partial charge in [0, 0.05) is 97.0 Å². The summed E-state index contributed by atoms with van der Waals surface area (Å²) in [6.07, 6.45) is 10.7. The van der Waals surface area contributed by atoms with Gasteiger partial charge in [0.2, 0.25) is 17.7 Å². The second kappa shape index (κ2) is 45.2. The maximum absolute atomic E-state index is 16.1. The van der Waals surface area contributed by atoms with Crippen molar-refractivity contribution in [2.75, 3.05) is 41.0 Å². The van der Waals surface area contributed by atoms with E-state index >= 15 is 26.3 Å². The fourth-order valence-electron chi connectivity index (χ4n) is 21.2. The molecule has 15 rings (SSSR count). The number of amides is 6. The van der Waals surface area contributed by atoms with Crippen molar-refractivity contribution < 1.29 is 168 Å². The standard InChI is InChI=1S/C35H46F2N3O6.C34H44F2N3O6.C33H42F2N3O6.3V/c1-7-24-26(20-41)40-19-28(24)45-27-18-21-17-23(44-6)13-14-25(21)38-29(27)35(36,37)16-9-8-11-22-12-10-15-34(22,5)46-32(43)39-30(31(40)42)33(2,3)4;1-6-23-25(19-40)39-18-28(23)44-27-17-21-16-22(43-5)13-14-24(21)37-29(27)34(35,36)15-8-7-10-20-11-9-12-26(20)45-32(42)38-30(31(39)41)33(2,3)4;1-7-22-24(18-39)38-17-26(22)43-25-15-19-14-21(42-6)11-12-23(19)36-27(25)33(34,35)13-9-8-10-20-16-32(20,5)44-30(41)37-28(29(38)40)31(2,3)4;;;/h13-14,17-18,22,24,26,28,30H,7-12,15-16,19H2,1-6H3,(H,39,43);13-14,16-17,20,23,25-26,28,30H,6-12,15,18H2,1-5H3,(H,38,42);11-12,14-15,20,22,24,26,28H,7-10,13,16-17H2,1-6H3,(H,37,41);;;/q3*-1;;;/t22-,24+,26-,28+,30-,34-;20-,23+,25-,26-,28+,30-;20-,22+,24-,26+,28-,32-;;;/m111.../s1. The molecule has 3 radical (unpaired) electrons. The number of aromatic nitrogens is 3. The van der Waals surface area contributed by atoms with Crippen molar-refractivity contribution in [2.24, 2.45) is 51.8 Å². The Bertz CT molecular complexity index is 5340. The molecule has 36 heteroatoms. The van der Waals surface area contributed by atoms with Crippen molar-refractivity contribution in [3.05, 3.63) is 89.9 Å². The molecule has 6 amide bonds. The molecule has 27 nitrogen and oxygen atoms in total. The second-order valence-corrected chi connectivity index (χ2v) is 41.7. The first-order chi connectivity index (χ1) is 63.8. The van der Waals surface area contributed by atoms with Crippen LogP contribution in [0, 0.1) is 51.8 Å². The molecule has 18 atom stereocenters. The number of rotatable bonds is 9. The summed E-state index contributed by atoms with van der Waals surface area (Å²) >= 11 is 0. The Balaban J connectivity index is 0.000000211. The van der Waals surface area contributed by atoms with E-state index in [0.717, 1.165) is 25.7 Å². The number of methoxy groups -OCH3 is 3. The molecule has 138 heavy (non-hydrogen) atoms. The van der Waals surface area contributed by atoms with Crippen molar-refractivity contribution in [3.8, 4) is 34.5 Å². The van der Waals surface area contributed by atoms with Crippen LogP contribution in [0.5, 0.6) is 34.5 Å². The van der Waals surface area contributed by atoms with Crippen LogP contribution in [0.1, 0.15) is 255 Å². The molecule has 6 fully saturated rings. The van der Waals surface area contributed by atoms with Gasteiger partial charge in [-0.05, 0) is 216 Å². The van der Waals surface area contributed by atoms with Gasteiger partial charge in [-0.3, -0.25) is 14.4 Å². The van der Waals surface area contributed by atoms with Gasteiger partial charge in [-0.1, -0.05) is 140 Å². The fourth-order valence-corrected chi connectivity index (χ4v) is 21.2. The first kappa shape index (κ1) is 111. The van der Waals surface area contributed by atoms with Crippen LogP contribution in [0.4, 0.5) is 40.7 Å². The number of hydrogen-bond acceptors (Lipinski definition) is 21. The monoisotopic (exact) mass is 2040 g/mol. The average Bonchev–Trinajstić information content (AvgIpc) is 1.53. The Morgan fingerprint density at radius 2 is 0.717 bits per heavy atom. The maximum Gasteiger partial charge on any atom is 0.408 e. The van der Waals surface area contributed by atoms with E-state index in [4.69, 9.17) is 42.6 Å².